The lowest BCUT2D eigenvalue weighted by Crippen LogP contribution is -2.33. The van der Waals surface area contributed by atoms with Crippen LogP contribution in [0.25, 0.3) is 0 Å². The van der Waals surface area contributed by atoms with Crippen LogP contribution in [0.5, 0.6) is 0 Å². The number of hydrogen-bond donors (Lipinski definition) is 0. The quantitative estimate of drug-likeness (QED) is 0.839. The highest BCUT2D eigenvalue weighted by molar-refractivity contribution is 5.93. The van der Waals surface area contributed by atoms with E-state index in [1.807, 2.05) is 20.8 Å². The van der Waals surface area contributed by atoms with Crippen molar-refractivity contribution in [2.24, 2.45) is 0 Å². The minimum atomic E-state index is -0.136. The molecule has 1 aliphatic rings. The fraction of sp³-hybridized carbons (Fsp3) is 0.500. The molecule has 23 heavy (non-hydrogen) atoms. The number of hydrogen-bond acceptors (Lipinski definition) is 6. The van der Waals surface area contributed by atoms with Crippen LogP contribution in [0.1, 0.15) is 38.9 Å². The molecule has 0 fully saturated rings. The van der Waals surface area contributed by atoms with Crippen LogP contribution in [0.3, 0.4) is 0 Å². The predicted octanol–water partition coefficient (Wildman–Crippen LogP) is 1.65. The molecule has 0 atom stereocenters. The Balaban J connectivity index is 1.97. The van der Waals surface area contributed by atoms with Crippen LogP contribution in [-0.2, 0) is 13.0 Å². The summed E-state index contributed by atoms with van der Waals surface area (Å²) in [4.78, 5) is 24.9. The highest BCUT2D eigenvalue weighted by Crippen LogP contribution is 2.28. The Morgan fingerprint density at radius 2 is 1.96 bits per heavy atom. The summed E-state index contributed by atoms with van der Waals surface area (Å²) in [5.41, 5.74) is 3.31. The highest BCUT2D eigenvalue weighted by atomic mass is 16.5. The molecule has 0 saturated heterocycles. The smallest absolute Gasteiger partial charge is 0.275 e. The number of rotatable bonds is 2. The van der Waals surface area contributed by atoms with Gasteiger partial charge in [-0.25, -0.2) is 9.97 Å². The van der Waals surface area contributed by atoms with E-state index in [-0.39, 0.29) is 5.91 Å². The van der Waals surface area contributed by atoms with Gasteiger partial charge in [-0.15, -0.1) is 0 Å². The van der Waals surface area contributed by atoms with Crippen LogP contribution in [0, 0.1) is 20.8 Å². The van der Waals surface area contributed by atoms with E-state index >= 15 is 0 Å². The molecule has 0 aliphatic carbocycles. The lowest BCUT2D eigenvalue weighted by Gasteiger charge is -2.29. The first-order valence-corrected chi connectivity index (χ1v) is 7.64. The predicted molar refractivity (Wildman–Crippen MR) is 85.5 cm³/mol. The van der Waals surface area contributed by atoms with Gasteiger partial charge in [-0.3, -0.25) is 4.79 Å². The SMILES string of the molecule is Cc1nc(C)c(C)c(N2CCc3onc(C(=O)N(C)C)c3C2)n1. The second kappa shape index (κ2) is 5.64. The number of nitrogens with zero attached hydrogens (tertiary/aromatic N) is 5. The Bertz CT molecular complexity index is 766. The van der Waals surface area contributed by atoms with Crippen LogP contribution < -0.4 is 4.90 Å². The number of anilines is 1. The molecule has 0 N–H and O–H groups in total. The molecule has 7 nitrogen and oxygen atoms in total. The summed E-state index contributed by atoms with van der Waals surface area (Å²) in [5, 5.41) is 3.98. The number of aryl methyl sites for hydroxylation is 2. The molecule has 0 aromatic carbocycles. The third-order valence-electron chi connectivity index (χ3n) is 4.21. The highest BCUT2D eigenvalue weighted by Gasteiger charge is 2.29. The third-order valence-corrected chi connectivity index (χ3v) is 4.21. The van der Waals surface area contributed by atoms with Crippen molar-refractivity contribution in [3.63, 3.8) is 0 Å². The number of fused-ring (bicyclic) bond motifs is 1. The van der Waals surface area contributed by atoms with Gasteiger partial charge in [0.1, 0.15) is 17.4 Å². The Morgan fingerprint density at radius 1 is 1.22 bits per heavy atom. The van der Waals surface area contributed by atoms with Crippen LogP contribution in [-0.4, -0.2) is 46.6 Å². The Hall–Kier alpha value is -2.44. The largest absolute Gasteiger partial charge is 0.360 e. The summed E-state index contributed by atoms with van der Waals surface area (Å²) in [6, 6.07) is 0. The topological polar surface area (TPSA) is 75.4 Å². The van der Waals surface area contributed by atoms with Crippen LogP contribution >= 0.6 is 0 Å². The first-order valence-electron chi connectivity index (χ1n) is 7.64. The van der Waals surface area contributed by atoms with Gasteiger partial charge in [0.25, 0.3) is 5.91 Å². The van der Waals surface area contributed by atoms with Crippen molar-refractivity contribution in [2.45, 2.75) is 33.7 Å². The average molecular weight is 315 g/mol. The van der Waals surface area contributed by atoms with Crippen LogP contribution in [0.2, 0.25) is 0 Å². The standard InChI is InChI=1S/C16H21N5O2/c1-9-10(2)17-11(3)18-15(9)21-7-6-13-12(8-21)14(19-23-13)16(22)20(4)5/h6-8H2,1-5H3. The monoisotopic (exact) mass is 315 g/mol. The molecule has 1 aliphatic heterocycles. The van der Waals surface area contributed by atoms with Gasteiger partial charge in [0.05, 0.1) is 6.54 Å². The van der Waals surface area contributed by atoms with Gasteiger partial charge >= 0.3 is 0 Å². The van der Waals surface area contributed by atoms with E-state index in [2.05, 4.69) is 20.0 Å². The maximum Gasteiger partial charge on any atom is 0.275 e. The number of amides is 1. The van der Waals surface area contributed by atoms with E-state index in [1.165, 1.54) is 4.90 Å². The molecule has 3 heterocycles. The van der Waals surface area contributed by atoms with Gasteiger partial charge in [0.15, 0.2) is 5.69 Å². The zero-order valence-corrected chi connectivity index (χ0v) is 14.2. The lowest BCUT2D eigenvalue weighted by atomic mass is 10.0. The summed E-state index contributed by atoms with van der Waals surface area (Å²) < 4.78 is 5.36. The average Bonchev–Trinajstić information content (AvgIpc) is 2.92. The Morgan fingerprint density at radius 3 is 2.65 bits per heavy atom. The van der Waals surface area contributed by atoms with E-state index < -0.39 is 0 Å². The first-order chi connectivity index (χ1) is 10.9. The van der Waals surface area contributed by atoms with Crippen LogP contribution in [0.4, 0.5) is 5.82 Å². The summed E-state index contributed by atoms with van der Waals surface area (Å²) in [7, 11) is 3.43. The van der Waals surface area contributed by atoms with Crippen molar-refractivity contribution < 1.29 is 9.32 Å². The molecule has 1 amide bonds. The van der Waals surface area contributed by atoms with Gasteiger partial charge in [-0.2, -0.15) is 0 Å². The van der Waals surface area contributed by atoms with Crippen molar-refractivity contribution in [1.82, 2.24) is 20.0 Å². The summed E-state index contributed by atoms with van der Waals surface area (Å²) in [6.45, 7) is 7.27. The molecule has 2 aromatic heterocycles. The molecule has 2 aromatic rings. The summed E-state index contributed by atoms with van der Waals surface area (Å²) in [6.07, 6.45) is 0.713. The Kier molecular flexibility index (Phi) is 3.79. The van der Waals surface area contributed by atoms with Crippen molar-refractivity contribution >= 4 is 11.7 Å². The fourth-order valence-corrected chi connectivity index (χ4v) is 2.83. The lowest BCUT2D eigenvalue weighted by molar-refractivity contribution is 0.0816. The van der Waals surface area contributed by atoms with Crippen molar-refractivity contribution in [2.75, 3.05) is 25.5 Å². The molecule has 0 spiro atoms. The summed E-state index contributed by atoms with van der Waals surface area (Å²) >= 11 is 0. The fourth-order valence-electron chi connectivity index (χ4n) is 2.83. The van der Waals surface area contributed by atoms with E-state index in [0.717, 1.165) is 40.8 Å². The second-order valence-corrected chi connectivity index (χ2v) is 6.11. The van der Waals surface area contributed by atoms with Gasteiger partial charge < -0.3 is 14.3 Å². The first kappa shape index (κ1) is 15.5. The van der Waals surface area contributed by atoms with Gasteiger partial charge in [0.2, 0.25) is 0 Å². The zero-order chi connectivity index (χ0) is 16.7. The summed E-state index contributed by atoms with van der Waals surface area (Å²) in [5.74, 6) is 2.34. The molecule has 7 heteroatoms. The van der Waals surface area contributed by atoms with Crippen molar-refractivity contribution in [3.8, 4) is 0 Å². The van der Waals surface area contributed by atoms with E-state index in [0.29, 0.717) is 18.7 Å². The van der Waals surface area contributed by atoms with Gasteiger partial charge in [-0.05, 0) is 20.8 Å². The Labute approximate surface area is 135 Å². The zero-order valence-electron chi connectivity index (χ0n) is 14.2. The van der Waals surface area contributed by atoms with E-state index in [4.69, 9.17) is 4.52 Å². The molecule has 0 bridgehead atoms. The molecular weight excluding hydrogens is 294 g/mol. The van der Waals surface area contributed by atoms with Crippen molar-refractivity contribution in [1.29, 1.82) is 0 Å². The number of carbonyl (C=O) groups is 1. The molecule has 0 radical (unpaired) electrons. The maximum absolute atomic E-state index is 12.3. The van der Waals surface area contributed by atoms with Gasteiger partial charge in [-0.1, -0.05) is 5.16 Å². The molecular formula is C16H21N5O2. The van der Waals surface area contributed by atoms with Crippen LogP contribution in [0.15, 0.2) is 4.52 Å². The maximum atomic E-state index is 12.3. The number of aromatic nitrogens is 3. The third kappa shape index (κ3) is 2.67. The second-order valence-electron chi connectivity index (χ2n) is 6.11. The van der Waals surface area contributed by atoms with E-state index in [1.54, 1.807) is 14.1 Å². The normalized spacial score (nSPS) is 13.9. The molecule has 3 rings (SSSR count). The minimum absolute atomic E-state index is 0.136. The van der Waals surface area contributed by atoms with Gasteiger partial charge in [0, 0.05) is 43.9 Å². The molecule has 0 saturated carbocycles. The minimum Gasteiger partial charge on any atom is -0.360 e. The number of carbonyl (C=O) groups excluding carboxylic acids is 1. The van der Waals surface area contributed by atoms with Crippen molar-refractivity contribution in [3.05, 3.63) is 34.1 Å². The van der Waals surface area contributed by atoms with E-state index in [9.17, 15) is 4.79 Å². The molecule has 122 valence electrons. The molecule has 0 unspecified atom stereocenters.